The van der Waals surface area contributed by atoms with E-state index in [-0.39, 0.29) is 42.2 Å². The van der Waals surface area contributed by atoms with E-state index in [2.05, 4.69) is 17.6 Å². The molecule has 0 aromatic rings. The number of carbonyl (C=O) groups excluding carboxylic acids is 3. The van der Waals surface area contributed by atoms with Crippen LogP contribution < -0.4 is 10.6 Å². The molecule has 9 atom stereocenters. The van der Waals surface area contributed by atoms with Gasteiger partial charge in [0.1, 0.15) is 11.6 Å². The van der Waals surface area contributed by atoms with Gasteiger partial charge in [0.25, 0.3) is 0 Å². The van der Waals surface area contributed by atoms with Crippen molar-refractivity contribution in [1.29, 1.82) is 0 Å². The highest BCUT2D eigenvalue weighted by molar-refractivity contribution is 5.99. The molecule has 0 aromatic carbocycles. The molecular weight excluding hydrogens is 410 g/mol. The number of hydrogen-bond acceptors (Lipinski definition) is 5. The molecule has 8 nitrogen and oxygen atoms in total. The topological polar surface area (TPSA) is 108 Å². The monoisotopic (exact) mass is 451 g/mol. The van der Waals surface area contributed by atoms with E-state index in [0.717, 1.165) is 19.3 Å². The number of aliphatic hydroxyl groups excluding tert-OH is 1. The number of rotatable bonds is 9. The molecule has 3 amide bonds. The number of aliphatic hydroxyl groups is 1. The average Bonchev–Trinajstić information content (AvgIpc) is 3.25. The van der Waals surface area contributed by atoms with Gasteiger partial charge in [0.2, 0.25) is 17.7 Å². The predicted molar refractivity (Wildman–Crippen MR) is 121 cm³/mol. The van der Waals surface area contributed by atoms with Gasteiger partial charge in [-0.25, -0.2) is 0 Å². The van der Waals surface area contributed by atoms with Crippen LogP contribution in [-0.2, 0) is 19.1 Å². The minimum Gasteiger partial charge on any atom is -0.394 e. The molecule has 0 saturated carbocycles. The molecule has 8 heteroatoms. The summed E-state index contributed by atoms with van der Waals surface area (Å²) in [6.45, 7) is 11.7. The van der Waals surface area contributed by atoms with Crippen molar-refractivity contribution in [3.05, 3.63) is 0 Å². The molecule has 0 aliphatic carbocycles. The van der Waals surface area contributed by atoms with Gasteiger partial charge in [-0.15, -0.1) is 0 Å². The van der Waals surface area contributed by atoms with Gasteiger partial charge in [0.15, 0.2) is 0 Å². The Kier molecular flexibility index (Phi) is 6.97. The molecule has 0 radical (unpaired) electrons. The first kappa shape index (κ1) is 25.0. The van der Waals surface area contributed by atoms with Crippen LogP contribution in [0.2, 0.25) is 0 Å². The van der Waals surface area contributed by atoms with Crippen molar-refractivity contribution in [2.75, 3.05) is 13.7 Å². The van der Waals surface area contributed by atoms with Crippen LogP contribution in [0.3, 0.4) is 0 Å². The summed E-state index contributed by atoms with van der Waals surface area (Å²) in [5, 5.41) is 16.1. The summed E-state index contributed by atoms with van der Waals surface area (Å²) in [7, 11) is 1.57. The Morgan fingerprint density at radius 3 is 2.47 bits per heavy atom. The van der Waals surface area contributed by atoms with Crippen LogP contribution in [0.5, 0.6) is 0 Å². The minimum absolute atomic E-state index is 0.00772. The maximum Gasteiger partial charge on any atom is 0.246 e. The van der Waals surface area contributed by atoms with Crippen LogP contribution in [0.1, 0.15) is 67.2 Å². The minimum atomic E-state index is -1.07. The summed E-state index contributed by atoms with van der Waals surface area (Å²) >= 11 is 0. The highest BCUT2D eigenvalue weighted by Crippen LogP contribution is 2.65. The smallest absolute Gasteiger partial charge is 0.246 e. The number of likely N-dealkylation sites (tertiary alicyclic amines) is 1. The molecule has 3 aliphatic rings. The molecule has 3 rings (SSSR count). The lowest BCUT2D eigenvalue weighted by Crippen LogP contribution is -2.60. The standard InChI is InChI=1S/C24H41N3O5/c1-8-10-15(5)26-21(30)19-24-11-14(4)23(6,32-24)17(20(29)25-7)18(24)22(31)27(19)16(12-28)13(3)9-2/h13-19,28H,8-12H2,1-7H3,(H,25,29)(H,26,30)/t13-,14?,15?,16-,17-,18-,19?,23+,24?/m0/s1. The van der Waals surface area contributed by atoms with E-state index >= 15 is 0 Å². The lowest BCUT2D eigenvalue weighted by molar-refractivity contribution is -0.152. The molecular formula is C24H41N3O5. The van der Waals surface area contributed by atoms with Crippen molar-refractivity contribution in [2.45, 2.75) is 96.6 Å². The van der Waals surface area contributed by atoms with Gasteiger partial charge in [-0.3, -0.25) is 14.4 Å². The van der Waals surface area contributed by atoms with E-state index < -0.39 is 35.1 Å². The van der Waals surface area contributed by atoms with E-state index in [1.54, 1.807) is 11.9 Å². The molecule has 4 unspecified atom stereocenters. The Balaban J connectivity index is 2.12. The predicted octanol–water partition coefficient (Wildman–Crippen LogP) is 1.45. The third kappa shape index (κ3) is 3.45. The molecule has 3 heterocycles. The van der Waals surface area contributed by atoms with E-state index in [1.165, 1.54) is 0 Å². The average molecular weight is 452 g/mol. The third-order valence-corrected chi connectivity index (χ3v) is 8.49. The Hall–Kier alpha value is -1.67. The van der Waals surface area contributed by atoms with E-state index in [0.29, 0.717) is 6.42 Å². The van der Waals surface area contributed by atoms with Crippen LogP contribution in [0.15, 0.2) is 0 Å². The van der Waals surface area contributed by atoms with Crippen LogP contribution in [-0.4, -0.2) is 70.7 Å². The van der Waals surface area contributed by atoms with Gasteiger partial charge < -0.3 is 25.4 Å². The maximum absolute atomic E-state index is 14.0. The van der Waals surface area contributed by atoms with Gasteiger partial charge in [0, 0.05) is 13.1 Å². The Morgan fingerprint density at radius 2 is 1.94 bits per heavy atom. The van der Waals surface area contributed by atoms with Crippen molar-refractivity contribution in [3.8, 4) is 0 Å². The number of fused-ring (bicyclic) bond motifs is 1. The highest BCUT2D eigenvalue weighted by Gasteiger charge is 2.80. The van der Waals surface area contributed by atoms with Crippen molar-refractivity contribution in [2.24, 2.45) is 23.7 Å². The second-order valence-electron chi connectivity index (χ2n) is 10.4. The molecule has 32 heavy (non-hydrogen) atoms. The van der Waals surface area contributed by atoms with Crippen LogP contribution in [0.25, 0.3) is 0 Å². The van der Waals surface area contributed by atoms with Gasteiger partial charge in [-0.2, -0.15) is 0 Å². The number of ether oxygens (including phenoxy) is 1. The van der Waals surface area contributed by atoms with Crippen molar-refractivity contribution in [1.82, 2.24) is 15.5 Å². The molecule has 3 fully saturated rings. The molecule has 2 bridgehead atoms. The fourth-order valence-corrected chi connectivity index (χ4v) is 6.53. The van der Waals surface area contributed by atoms with Crippen molar-refractivity contribution < 1.29 is 24.2 Å². The van der Waals surface area contributed by atoms with Gasteiger partial charge in [-0.05, 0) is 38.5 Å². The summed E-state index contributed by atoms with van der Waals surface area (Å²) in [4.78, 5) is 42.3. The summed E-state index contributed by atoms with van der Waals surface area (Å²) < 4.78 is 6.64. The molecule has 182 valence electrons. The fraction of sp³-hybridized carbons (Fsp3) is 0.875. The zero-order chi connectivity index (χ0) is 24.0. The zero-order valence-electron chi connectivity index (χ0n) is 20.6. The maximum atomic E-state index is 14.0. The largest absolute Gasteiger partial charge is 0.394 e. The molecule has 0 aromatic heterocycles. The Labute approximate surface area is 191 Å². The molecule has 3 aliphatic heterocycles. The van der Waals surface area contributed by atoms with Gasteiger partial charge in [0.05, 0.1) is 30.1 Å². The SMILES string of the molecule is CCCC(C)NC(=O)C1N([C@@H](CO)[C@@H](C)CC)C(=O)[C@@H]2[C@@H](C(=O)NC)[C@]3(C)OC12CC3C. The second kappa shape index (κ2) is 8.93. The first-order valence-corrected chi connectivity index (χ1v) is 12.2. The zero-order valence-corrected chi connectivity index (χ0v) is 20.6. The Morgan fingerprint density at radius 1 is 1.28 bits per heavy atom. The highest BCUT2D eigenvalue weighted by atomic mass is 16.5. The van der Waals surface area contributed by atoms with Crippen LogP contribution in [0, 0.1) is 23.7 Å². The van der Waals surface area contributed by atoms with E-state index in [9.17, 15) is 19.5 Å². The number of nitrogens with one attached hydrogen (secondary N) is 2. The normalized spacial score (nSPS) is 38.4. The summed E-state index contributed by atoms with van der Waals surface area (Å²) in [6, 6.07) is -1.43. The quantitative estimate of drug-likeness (QED) is 0.492. The Bertz CT molecular complexity index is 760. The van der Waals surface area contributed by atoms with Crippen LogP contribution in [0.4, 0.5) is 0 Å². The summed E-state index contributed by atoms with van der Waals surface area (Å²) in [6.07, 6.45) is 3.04. The van der Waals surface area contributed by atoms with Gasteiger partial charge >= 0.3 is 0 Å². The second-order valence-corrected chi connectivity index (χ2v) is 10.4. The molecule has 1 spiro atoms. The van der Waals surface area contributed by atoms with Crippen LogP contribution >= 0.6 is 0 Å². The first-order chi connectivity index (χ1) is 15.0. The van der Waals surface area contributed by atoms with Crippen molar-refractivity contribution >= 4 is 17.7 Å². The van der Waals surface area contributed by atoms with Crippen molar-refractivity contribution in [3.63, 3.8) is 0 Å². The first-order valence-electron chi connectivity index (χ1n) is 12.2. The number of carbonyl (C=O) groups is 3. The number of hydrogen-bond donors (Lipinski definition) is 3. The summed E-state index contributed by atoms with van der Waals surface area (Å²) in [5.41, 5.74) is -1.88. The van der Waals surface area contributed by atoms with E-state index in [1.807, 2.05) is 34.6 Å². The fourth-order valence-electron chi connectivity index (χ4n) is 6.53. The number of amides is 3. The lowest BCUT2D eigenvalue weighted by Gasteiger charge is -2.39. The third-order valence-electron chi connectivity index (χ3n) is 8.49. The lowest BCUT2D eigenvalue weighted by atomic mass is 9.62. The van der Waals surface area contributed by atoms with Gasteiger partial charge in [-0.1, -0.05) is 40.5 Å². The molecule has 3 saturated heterocycles. The van der Waals surface area contributed by atoms with E-state index in [4.69, 9.17) is 4.74 Å². The molecule has 3 N–H and O–H groups in total. The summed E-state index contributed by atoms with van der Waals surface area (Å²) in [5.74, 6) is -2.15. The number of nitrogens with zero attached hydrogens (tertiary/aromatic N) is 1.